The monoisotopic (exact) mass is 329 g/mol. The lowest BCUT2D eigenvalue weighted by Crippen LogP contribution is -2.52. The zero-order valence-corrected chi connectivity index (χ0v) is 12.5. The van der Waals surface area contributed by atoms with Gasteiger partial charge in [-0.1, -0.05) is 35.3 Å². The summed E-state index contributed by atoms with van der Waals surface area (Å²) in [4.78, 5) is 25.2. The molecule has 1 heterocycles. The molecule has 0 spiro atoms. The van der Waals surface area contributed by atoms with Gasteiger partial charge in [0.1, 0.15) is 6.61 Å². The highest BCUT2D eigenvalue weighted by Gasteiger charge is 2.48. The van der Waals surface area contributed by atoms with Crippen molar-refractivity contribution in [3.05, 3.63) is 33.8 Å². The Morgan fingerprint density at radius 2 is 2.05 bits per heavy atom. The summed E-state index contributed by atoms with van der Waals surface area (Å²) in [5.74, 6) is -1.33. The maximum atomic E-state index is 12.2. The molecule has 21 heavy (non-hydrogen) atoms. The lowest BCUT2D eigenvalue weighted by atomic mass is 9.97. The minimum atomic E-state index is -1.14. The Hall–Kier alpha value is -1.30. The van der Waals surface area contributed by atoms with Crippen molar-refractivity contribution in [1.82, 2.24) is 4.90 Å². The quantitative estimate of drug-likeness (QED) is 0.925. The number of carbonyl (C=O) groups excluding carboxylic acids is 1. The van der Waals surface area contributed by atoms with E-state index in [1.165, 1.54) is 0 Å². The Morgan fingerprint density at radius 1 is 1.33 bits per heavy atom. The van der Waals surface area contributed by atoms with Crippen molar-refractivity contribution < 1.29 is 19.4 Å². The van der Waals surface area contributed by atoms with E-state index in [0.29, 0.717) is 10.6 Å². The van der Waals surface area contributed by atoms with E-state index < -0.39 is 18.1 Å². The van der Waals surface area contributed by atoms with Gasteiger partial charge in [-0.25, -0.2) is 4.79 Å². The summed E-state index contributed by atoms with van der Waals surface area (Å²) in [6, 6.07) is 4.31. The first-order chi connectivity index (χ1) is 10.0. The van der Waals surface area contributed by atoms with E-state index in [9.17, 15) is 14.7 Å². The molecule has 1 amide bonds. The van der Waals surface area contributed by atoms with E-state index in [1.807, 2.05) is 0 Å². The van der Waals surface area contributed by atoms with Crippen molar-refractivity contribution in [1.29, 1.82) is 0 Å². The van der Waals surface area contributed by atoms with Crippen LogP contribution >= 0.6 is 23.2 Å². The molecule has 1 saturated heterocycles. The molecule has 2 fully saturated rings. The van der Waals surface area contributed by atoms with Crippen LogP contribution in [-0.4, -0.2) is 40.6 Å². The highest BCUT2D eigenvalue weighted by molar-refractivity contribution is 6.42. The first-order valence-corrected chi connectivity index (χ1v) is 7.35. The number of halogens is 2. The zero-order valence-electron chi connectivity index (χ0n) is 11.0. The van der Waals surface area contributed by atoms with E-state index >= 15 is 0 Å². The minimum Gasteiger partial charge on any atom is -0.479 e. The fraction of sp³-hybridized carbons (Fsp3) is 0.429. The smallest absolute Gasteiger partial charge is 0.335 e. The number of benzene rings is 1. The molecule has 0 bridgehead atoms. The molecule has 1 aromatic carbocycles. The molecular formula is C14H13Cl2NO4. The molecule has 112 valence electrons. The van der Waals surface area contributed by atoms with Gasteiger partial charge in [-0.3, -0.25) is 4.79 Å². The number of carboxylic acids is 1. The van der Waals surface area contributed by atoms with Gasteiger partial charge in [0.15, 0.2) is 6.10 Å². The second-order valence-electron chi connectivity index (χ2n) is 5.19. The Balaban J connectivity index is 2.08. The molecule has 1 aliphatic carbocycles. The van der Waals surface area contributed by atoms with Gasteiger partial charge >= 0.3 is 5.97 Å². The molecule has 2 atom stereocenters. The number of aliphatic carboxylic acids is 1. The summed E-state index contributed by atoms with van der Waals surface area (Å²) in [6.07, 6.45) is 0.596. The van der Waals surface area contributed by atoms with E-state index in [2.05, 4.69) is 0 Å². The number of carboxylic acid groups (broad SMARTS) is 1. The number of morpholine rings is 1. The van der Waals surface area contributed by atoms with Gasteiger partial charge < -0.3 is 14.7 Å². The third-order valence-electron chi connectivity index (χ3n) is 3.74. The molecule has 3 rings (SSSR count). The Bertz CT molecular complexity index is 603. The third kappa shape index (κ3) is 2.61. The highest BCUT2D eigenvalue weighted by Crippen LogP contribution is 2.42. The summed E-state index contributed by atoms with van der Waals surface area (Å²) in [7, 11) is 0. The van der Waals surface area contributed by atoms with Crippen LogP contribution in [0.5, 0.6) is 0 Å². The molecular weight excluding hydrogens is 317 g/mol. The van der Waals surface area contributed by atoms with Gasteiger partial charge in [0.25, 0.3) is 0 Å². The predicted molar refractivity (Wildman–Crippen MR) is 76.4 cm³/mol. The van der Waals surface area contributed by atoms with E-state index in [0.717, 1.165) is 12.8 Å². The van der Waals surface area contributed by atoms with Crippen molar-refractivity contribution in [2.75, 3.05) is 6.61 Å². The van der Waals surface area contributed by atoms with Gasteiger partial charge in [0, 0.05) is 6.04 Å². The number of rotatable bonds is 3. The lowest BCUT2D eigenvalue weighted by Gasteiger charge is -2.40. The van der Waals surface area contributed by atoms with Gasteiger partial charge in [-0.05, 0) is 24.5 Å². The van der Waals surface area contributed by atoms with Crippen molar-refractivity contribution in [2.45, 2.75) is 31.0 Å². The van der Waals surface area contributed by atoms with Gasteiger partial charge in [-0.15, -0.1) is 0 Å². The van der Waals surface area contributed by atoms with Crippen LogP contribution in [0.1, 0.15) is 24.4 Å². The van der Waals surface area contributed by atoms with Crippen LogP contribution in [0.15, 0.2) is 18.2 Å². The average molecular weight is 330 g/mol. The summed E-state index contributed by atoms with van der Waals surface area (Å²) in [5.41, 5.74) is 0.511. The molecule has 5 nitrogen and oxygen atoms in total. The largest absolute Gasteiger partial charge is 0.479 e. The molecule has 1 N–H and O–H groups in total. The summed E-state index contributed by atoms with van der Waals surface area (Å²) < 4.78 is 5.23. The number of nitrogens with zero attached hydrogens (tertiary/aromatic N) is 1. The summed E-state index contributed by atoms with van der Waals surface area (Å²) in [6.45, 7) is -0.220. The molecule has 1 aliphatic heterocycles. The Morgan fingerprint density at radius 3 is 2.67 bits per heavy atom. The maximum Gasteiger partial charge on any atom is 0.335 e. The van der Waals surface area contributed by atoms with Crippen LogP contribution in [0.25, 0.3) is 0 Å². The van der Waals surface area contributed by atoms with Crippen LogP contribution in [-0.2, 0) is 14.3 Å². The highest BCUT2D eigenvalue weighted by atomic mass is 35.5. The number of amides is 1. The number of ether oxygens (including phenoxy) is 1. The molecule has 2 aliphatic rings. The van der Waals surface area contributed by atoms with Crippen molar-refractivity contribution in [3.63, 3.8) is 0 Å². The first-order valence-electron chi connectivity index (χ1n) is 6.60. The van der Waals surface area contributed by atoms with Crippen molar-refractivity contribution in [2.24, 2.45) is 0 Å². The summed E-state index contributed by atoms with van der Waals surface area (Å²) in [5, 5.41) is 9.99. The number of hydrogen-bond acceptors (Lipinski definition) is 3. The van der Waals surface area contributed by atoms with E-state index in [4.69, 9.17) is 27.9 Å². The normalized spacial score (nSPS) is 26.0. The van der Waals surface area contributed by atoms with Gasteiger partial charge in [-0.2, -0.15) is 0 Å². The van der Waals surface area contributed by atoms with Crippen LogP contribution in [0.2, 0.25) is 10.0 Å². The third-order valence-corrected chi connectivity index (χ3v) is 4.58. The molecule has 0 radical (unpaired) electrons. The van der Waals surface area contributed by atoms with E-state index in [1.54, 1.807) is 23.1 Å². The van der Waals surface area contributed by atoms with Crippen molar-refractivity contribution in [3.8, 4) is 0 Å². The zero-order chi connectivity index (χ0) is 15.1. The molecule has 1 aromatic rings. The van der Waals surface area contributed by atoms with E-state index in [-0.39, 0.29) is 23.6 Å². The van der Waals surface area contributed by atoms with Gasteiger partial charge in [0.2, 0.25) is 5.91 Å². The molecule has 2 unspecified atom stereocenters. The second-order valence-corrected chi connectivity index (χ2v) is 5.98. The first kappa shape index (κ1) is 14.6. The number of carbonyl (C=O) groups is 2. The molecule has 0 aromatic heterocycles. The minimum absolute atomic E-state index is 0.0586. The SMILES string of the molecule is O=C(O)C1OCC(=O)N(C2CC2)C1c1cccc(Cl)c1Cl. The van der Waals surface area contributed by atoms with Crippen LogP contribution < -0.4 is 0 Å². The molecule has 1 saturated carbocycles. The van der Waals surface area contributed by atoms with Crippen LogP contribution in [0.4, 0.5) is 0 Å². The number of hydrogen-bond donors (Lipinski definition) is 1. The van der Waals surface area contributed by atoms with Gasteiger partial charge in [0.05, 0.1) is 16.1 Å². The standard InChI is InChI=1S/C14H13Cl2NO4/c15-9-3-1-2-8(11(9)16)12-13(14(19)20)21-6-10(18)17(12)7-4-5-7/h1-3,7,12-13H,4-6H2,(H,19,20). The van der Waals surface area contributed by atoms with Crippen LogP contribution in [0.3, 0.4) is 0 Å². The predicted octanol–water partition coefficient (Wildman–Crippen LogP) is 2.51. The summed E-state index contributed by atoms with van der Waals surface area (Å²) >= 11 is 12.2. The molecule has 7 heteroatoms. The second kappa shape index (κ2) is 5.48. The Kier molecular flexibility index (Phi) is 3.82. The maximum absolute atomic E-state index is 12.2. The Labute approximate surface area is 131 Å². The lowest BCUT2D eigenvalue weighted by molar-refractivity contribution is -0.174. The average Bonchev–Trinajstić information content (AvgIpc) is 3.25. The fourth-order valence-electron chi connectivity index (χ4n) is 2.68. The van der Waals surface area contributed by atoms with Crippen LogP contribution in [0, 0.1) is 0 Å². The topological polar surface area (TPSA) is 66.8 Å². The van der Waals surface area contributed by atoms with Crippen molar-refractivity contribution >= 4 is 35.1 Å². The fourth-order valence-corrected chi connectivity index (χ4v) is 3.10.